The molecule has 1 aliphatic carbocycles. The molecular formula is C20H28N4O2S. The second-order valence-corrected chi connectivity index (χ2v) is 8.99. The minimum atomic E-state index is -3.42. The van der Waals surface area contributed by atoms with Crippen LogP contribution in [0, 0.1) is 0 Å². The van der Waals surface area contributed by atoms with Crippen molar-refractivity contribution in [3.05, 3.63) is 48.0 Å². The number of anilines is 2. The molecule has 6 nitrogen and oxygen atoms in total. The number of nitrogens with one attached hydrogen (secondary N) is 2. The standard InChI is InChI=1S/C20H28N4O2S/c25-27(26,16-8-11-17-9-4-3-5-10-17)24-20-15-14-19(22-23-20)21-18-12-6-1-2-7-13-18/h3-5,9-10,14-15,18H,1-2,6-8,11-13,16H2,(H,21,22)(H,23,24). The summed E-state index contributed by atoms with van der Waals surface area (Å²) in [6.45, 7) is 0. The number of aromatic nitrogens is 2. The van der Waals surface area contributed by atoms with Crippen LogP contribution in [-0.4, -0.2) is 30.4 Å². The minimum Gasteiger partial charge on any atom is -0.366 e. The fraction of sp³-hybridized carbons (Fsp3) is 0.500. The van der Waals surface area contributed by atoms with Crippen molar-refractivity contribution in [2.75, 3.05) is 15.8 Å². The number of sulfonamides is 1. The van der Waals surface area contributed by atoms with Crippen LogP contribution < -0.4 is 10.0 Å². The van der Waals surface area contributed by atoms with Crippen LogP contribution in [0.3, 0.4) is 0 Å². The summed E-state index contributed by atoms with van der Waals surface area (Å²) in [5, 5.41) is 11.6. The number of aryl methyl sites for hydroxylation is 1. The van der Waals surface area contributed by atoms with Gasteiger partial charge in [0.05, 0.1) is 5.75 Å². The third-order valence-corrected chi connectivity index (χ3v) is 6.20. The molecular weight excluding hydrogens is 360 g/mol. The first-order valence-corrected chi connectivity index (χ1v) is 11.4. The van der Waals surface area contributed by atoms with E-state index in [4.69, 9.17) is 0 Å². The largest absolute Gasteiger partial charge is 0.366 e. The number of rotatable bonds is 8. The Balaban J connectivity index is 1.47. The van der Waals surface area contributed by atoms with E-state index < -0.39 is 10.0 Å². The Morgan fingerprint density at radius 2 is 1.56 bits per heavy atom. The van der Waals surface area contributed by atoms with Gasteiger partial charge in [-0.1, -0.05) is 56.0 Å². The second-order valence-electron chi connectivity index (χ2n) is 7.15. The fourth-order valence-corrected chi connectivity index (χ4v) is 4.47. The summed E-state index contributed by atoms with van der Waals surface area (Å²) in [5.74, 6) is 1.03. The van der Waals surface area contributed by atoms with Crippen molar-refractivity contribution < 1.29 is 8.42 Å². The summed E-state index contributed by atoms with van der Waals surface area (Å²) >= 11 is 0. The van der Waals surface area contributed by atoms with Crippen LogP contribution >= 0.6 is 0 Å². The molecule has 3 rings (SSSR count). The van der Waals surface area contributed by atoms with Gasteiger partial charge in [0.25, 0.3) is 0 Å². The molecule has 146 valence electrons. The normalized spacial score (nSPS) is 15.9. The smallest absolute Gasteiger partial charge is 0.233 e. The lowest BCUT2D eigenvalue weighted by Crippen LogP contribution is -2.20. The monoisotopic (exact) mass is 388 g/mol. The van der Waals surface area contributed by atoms with Crippen LogP contribution in [-0.2, 0) is 16.4 Å². The fourth-order valence-electron chi connectivity index (χ4n) is 3.42. The van der Waals surface area contributed by atoms with Crippen molar-refractivity contribution in [2.45, 2.75) is 57.4 Å². The molecule has 2 N–H and O–H groups in total. The summed E-state index contributed by atoms with van der Waals surface area (Å²) in [7, 11) is -3.42. The minimum absolute atomic E-state index is 0.0612. The molecule has 0 atom stereocenters. The van der Waals surface area contributed by atoms with Gasteiger partial charge in [-0.2, -0.15) is 0 Å². The Kier molecular flexibility index (Phi) is 7.04. The van der Waals surface area contributed by atoms with Crippen LogP contribution in [0.4, 0.5) is 11.6 Å². The predicted molar refractivity (Wildman–Crippen MR) is 109 cm³/mol. The lowest BCUT2D eigenvalue weighted by molar-refractivity contribution is 0.598. The highest BCUT2D eigenvalue weighted by Crippen LogP contribution is 2.20. The number of nitrogens with zero attached hydrogens (tertiary/aromatic N) is 2. The number of benzene rings is 1. The van der Waals surface area contributed by atoms with Crippen LogP contribution in [0.5, 0.6) is 0 Å². The molecule has 0 unspecified atom stereocenters. The first kappa shape index (κ1) is 19.6. The van der Waals surface area contributed by atoms with Gasteiger partial charge in [0.15, 0.2) is 5.82 Å². The highest BCUT2D eigenvalue weighted by atomic mass is 32.2. The van der Waals surface area contributed by atoms with Gasteiger partial charge in [-0.3, -0.25) is 4.72 Å². The third-order valence-electron chi connectivity index (χ3n) is 4.85. The maximum absolute atomic E-state index is 12.2. The summed E-state index contributed by atoms with van der Waals surface area (Å²) in [6, 6.07) is 13.8. The molecule has 7 heteroatoms. The average Bonchev–Trinajstić information content (AvgIpc) is 2.92. The summed E-state index contributed by atoms with van der Waals surface area (Å²) in [4.78, 5) is 0. The topological polar surface area (TPSA) is 84.0 Å². The molecule has 2 aromatic rings. The predicted octanol–water partition coefficient (Wildman–Crippen LogP) is 3.99. The van der Waals surface area contributed by atoms with E-state index in [1.165, 1.54) is 25.7 Å². The average molecular weight is 389 g/mol. The van der Waals surface area contributed by atoms with Gasteiger partial charge in [0, 0.05) is 6.04 Å². The van der Waals surface area contributed by atoms with Crippen LogP contribution in [0.25, 0.3) is 0 Å². The molecule has 1 aliphatic rings. The van der Waals surface area contributed by atoms with E-state index in [2.05, 4.69) is 20.2 Å². The second kappa shape index (κ2) is 9.69. The van der Waals surface area contributed by atoms with Crippen LogP contribution in [0.2, 0.25) is 0 Å². The Hall–Kier alpha value is -2.15. The molecule has 0 spiro atoms. The van der Waals surface area contributed by atoms with Crippen LogP contribution in [0.1, 0.15) is 50.5 Å². The Labute approximate surface area is 161 Å². The molecule has 1 fully saturated rings. The SMILES string of the molecule is O=S(=O)(CCCc1ccccc1)Nc1ccc(NC2CCCCCC2)nn1. The first-order valence-electron chi connectivity index (χ1n) is 9.75. The van der Waals surface area contributed by atoms with E-state index in [-0.39, 0.29) is 11.6 Å². The highest BCUT2D eigenvalue weighted by Gasteiger charge is 2.14. The molecule has 1 aromatic carbocycles. The van der Waals surface area contributed by atoms with Gasteiger partial charge in [0.1, 0.15) is 5.82 Å². The van der Waals surface area contributed by atoms with Gasteiger partial charge in [-0.15, -0.1) is 10.2 Å². The zero-order chi connectivity index (χ0) is 19.0. The van der Waals surface area contributed by atoms with Crippen molar-refractivity contribution in [1.82, 2.24) is 10.2 Å². The van der Waals surface area contributed by atoms with Crippen molar-refractivity contribution in [2.24, 2.45) is 0 Å². The zero-order valence-electron chi connectivity index (χ0n) is 15.6. The van der Waals surface area contributed by atoms with E-state index in [9.17, 15) is 8.42 Å². The zero-order valence-corrected chi connectivity index (χ0v) is 16.4. The Bertz CT molecular complexity index is 786. The molecule has 0 amide bonds. The van der Waals surface area contributed by atoms with Crippen molar-refractivity contribution in [1.29, 1.82) is 0 Å². The number of hydrogen-bond donors (Lipinski definition) is 2. The van der Waals surface area contributed by atoms with Crippen molar-refractivity contribution in [3.8, 4) is 0 Å². The molecule has 1 heterocycles. The molecule has 1 aromatic heterocycles. The summed E-state index contributed by atoms with van der Waals surface area (Å²) in [5.41, 5.74) is 1.14. The van der Waals surface area contributed by atoms with Crippen LogP contribution in [0.15, 0.2) is 42.5 Å². The van der Waals surface area contributed by atoms with Crippen molar-refractivity contribution in [3.63, 3.8) is 0 Å². The highest BCUT2D eigenvalue weighted by molar-refractivity contribution is 7.92. The molecule has 0 bridgehead atoms. The molecule has 0 aliphatic heterocycles. The van der Waals surface area contributed by atoms with E-state index >= 15 is 0 Å². The van der Waals surface area contributed by atoms with Gasteiger partial charge in [-0.05, 0) is 43.4 Å². The Morgan fingerprint density at radius 3 is 2.22 bits per heavy atom. The first-order chi connectivity index (χ1) is 13.1. The molecule has 27 heavy (non-hydrogen) atoms. The molecule has 0 saturated heterocycles. The van der Waals surface area contributed by atoms with Gasteiger partial charge < -0.3 is 5.32 Å². The van der Waals surface area contributed by atoms with E-state index in [1.807, 2.05) is 30.3 Å². The van der Waals surface area contributed by atoms with E-state index in [0.717, 1.165) is 24.8 Å². The number of hydrogen-bond acceptors (Lipinski definition) is 5. The molecule has 1 saturated carbocycles. The quantitative estimate of drug-likeness (QED) is 0.668. The lowest BCUT2D eigenvalue weighted by atomic mass is 10.1. The lowest BCUT2D eigenvalue weighted by Gasteiger charge is -2.16. The van der Waals surface area contributed by atoms with E-state index in [0.29, 0.717) is 18.3 Å². The van der Waals surface area contributed by atoms with E-state index in [1.54, 1.807) is 12.1 Å². The van der Waals surface area contributed by atoms with Gasteiger partial charge in [0.2, 0.25) is 10.0 Å². The Morgan fingerprint density at radius 1 is 0.889 bits per heavy atom. The van der Waals surface area contributed by atoms with Gasteiger partial charge >= 0.3 is 0 Å². The molecule has 0 radical (unpaired) electrons. The summed E-state index contributed by atoms with van der Waals surface area (Å²) in [6.07, 6.45) is 8.68. The van der Waals surface area contributed by atoms with Gasteiger partial charge in [-0.25, -0.2) is 8.42 Å². The van der Waals surface area contributed by atoms with Crippen molar-refractivity contribution >= 4 is 21.7 Å². The third kappa shape index (κ3) is 6.82. The summed E-state index contributed by atoms with van der Waals surface area (Å²) < 4.78 is 27.0. The maximum Gasteiger partial charge on any atom is 0.233 e. The maximum atomic E-state index is 12.2.